The van der Waals surface area contributed by atoms with Gasteiger partial charge in [0.25, 0.3) is 11.1 Å². The quantitative estimate of drug-likeness (QED) is 0.103. The van der Waals surface area contributed by atoms with Crippen LogP contribution >= 0.6 is 0 Å². The van der Waals surface area contributed by atoms with Crippen LogP contribution in [-0.2, 0) is 38.8 Å². The van der Waals surface area contributed by atoms with E-state index in [0.717, 1.165) is 108 Å². The van der Waals surface area contributed by atoms with Crippen LogP contribution in [0.3, 0.4) is 0 Å². The lowest BCUT2D eigenvalue weighted by molar-refractivity contribution is 0.330. The van der Waals surface area contributed by atoms with Crippen LogP contribution in [0.5, 0.6) is 0 Å². The van der Waals surface area contributed by atoms with Gasteiger partial charge in [-0.25, -0.2) is 9.97 Å². The van der Waals surface area contributed by atoms with Crippen molar-refractivity contribution in [3.8, 4) is 28.3 Å². The van der Waals surface area contributed by atoms with Crippen molar-refractivity contribution >= 4 is 0 Å². The van der Waals surface area contributed by atoms with E-state index in [0.29, 0.717) is 24.9 Å². The van der Waals surface area contributed by atoms with Crippen LogP contribution < -0.4 is 11.1 Å². The lowest BCUT2D eigenvalue weighted by Crippen LogP contribution is -2.33. The highest BCUT2D eigenvalue weighted by atomic mass is 16.1. The molecule has 2 aromatic heterocycles. The van der Waals surface area contributed by atoms with Crippen molar-refractivity contribution in [1.29, 1.82) is 5.26 Å². The average molecular weight is 802 g/mol. The SMILES string of the molecule is CCCCc1nc(C)n(CC(C)(C)C)c(=O)c1Cc1ccc(-c2ccccc2C#N)cc1.CCCCc1nc(C)n(CCC)c(=O)c1Cc1ccc(-c2ccccc2)cc1. The van der Waals surface area contributed by atoms with Crippen molar-refractivity contribution in [3.05, 3.63) is 175 Å². The number of unbranched alkanes of at least 4 members (excludes halogenated alkanes) is 2. The topological polar surface area (TPSA) is 93.6 Å². The molecule has 0 aliphatic rings. The van der Waals surface area contributed by atoms with Gasteiger partial charge in [-0.1, -0.05) is 151 Å². The Morgan fingerprint density at radius 3 is 1.55 bits per heavy atom. The minimum Gasteiger partial charge on any atom is -0.297 e. The summed E-state index contributed by atoms with van der Waals surface area (Å²) in [5.74, 6) is 1.63. The summed E-state index contributed by atoms with van der Waals surface area (Å²) in [6.45, 7) is 18.1. The molecule has 60 heavy (non-hydrogen) atoms. The molecule has 0 atom stereocenters. The van der Waals surface area contributed by atoms with Gasteiger partial charge in [0.15, 0.2) is 0 Å². The van der Waals surface area contributed by atoms with Gasteiger partial charge in [-0.2, -0.15) is 5.26 Å². The van der Waals surface area contributed by atoms with E-state index < -0.39 is 0 Å². The molecule has 0 saturated heterocycles. The van der Waals surface area contributed by atoms with Crippen molar-refractivity contribution in [2.24, 2.45) is 5.41 Å². The molecule has 312 valence electrons. The molecule has 0 N–H and O–H groups in total. The van der Waals surface area contributed by atoms with E-state index in [1.807, 2.05) is 65.4 Å². The maximum absolute atomic E-state index is 13.5. The molecule has 0 amide bonds. The van der Waals surface area contributed by atoms with Gasteiger partial charge in [0.05, 0.1) is 23.0 Å². The van der Waals surface area contributed by atoms with Crippen LogP contribution in [0.15, 0.2) is 113 Å². The molecule has 2 heterocycles. The minimum atomic E-state index is -0.00570. The predicted molar refractivity (Wildman–Crippen MR) is 248 cm³/mol. The van der Waals surface area contributed by atoms with E-state index in [1.54, 1.807) is 0 Å². The molecule has 7 nitrogen and oxygen atoms in total. The zero-order valence-corrected chi connectivity index (χ0v) is 37.1. The van der Waals surface area contributed by atoms with E-state index in [4.69, 9.17) is 9.97 Å². The number of nitriles is 1. The third-order valence-corrected chi connectivity index (χ3v) is 10.8. The minimum absolute atomic E-state index is 0.00570. The second-order valence-corrected chi connectivity index (χ2v) is 17.1. The highest BCUT2D eigenvalue weighted by Gasteiger charge is 2.20. The molecule has 7 heteroatoms. The summed E-state index contributed by atoms with van der Waals surface area (Å²) in [6, 6.07) is 37.0. The molecule has 6 aromatic rings. The normalized spacial score (nSPS) is 11.2. The molecule has 0 aliphatic carbocycles. The molecule has 0 unspecified atom stereocenters. The van der Waals surface area contributed by atoms with Gasteiger partial charge in [0.1, 0.15) is 11.6 Å². The standard InChI is InChI=1S/C28H33N3O.C25H30N2O/c1-6-7-12-26-25(27(32)31(20(2)30-26)19-28(3,4)5)17-21-13-15-22(16-14-21)24-11-9-8-10-23(24)18-29;1-4-6-12-24-23(25(28)27(17-5-2)19(3)26-24)18-20-13-15-22(16-14-20)21-10-8-7-9-11-21/h8-11,13-16H,6-7,12,17,19H2,1-5H3;7-11,13-16H,4-6,12,17-18H2,1-3H3. The molecular weight excluding hydrogens is 739 g/mol. The molecule has 0 spiro atoms. The highest BCUT2D eigenvalue weighted by Crippen LogP contribution is 2.25. The van der Waals surface area contributed by atoms with E-state index in [9.17, 15) is 14.9 Å². The van der Waals surface area contributed by atoms with E-state index in [-0.39, 0.29) is 16.5 Å². The summed E-state index contributed by atoms with van der Waals surface area (Å²) < 4.78 is 3.67. The Morgan fingerprint density at radius 2 is 1.05 bits per heavy atom. The summed E-state index contributed by atoms with van der Waals surface area (Å²) in [4.78, 5) is 36.4. The van der Waals surface area contributed by atoms with Crippen molar-refractivity contribution in [2.45, 2.75) is 126 Å². The first kappa shape index (κ1) is 45.2. The maximum Gasteiger partial charge on any atom is 0.257 e. The van der Waals surface area contributed by atoms with Gasteiger partial charge in [0, 0.05) is 37.1 Å². The van der Waals surface area contributed by atoms with Crippen molar-refractivity contribution in [3.63, 3.8) is 0 Å². The molecule has 0 fully saturated rings. The number of rotatable bonds is 15. The third kappa shape index (κ3) is 11.9. The highest BCUT2D eigenvalue weighted by molar-refractivity contribution is 5.70. The number of nitrogens with zero attached hydrogens (tertiary/aromatic N) is 5. The van der Waals surface area contributed by atoms with Gasteiger partial charge in [0.2, 0.25) is 0 Å². The second kappa shape index (κ2) is 21.4. The summed E-state index contributed by atoms with van der Waals surface area (Å²) in [5, 5.41) is 9.40. The molecule has 0 bridgehead atoms. The average Bonchev–Trinajstić information content (AvgIpc) is 3.25. The Labute approximate surface area is 357 Å². The van der Waals surface area contributed by atoms with Crippen molar-refractivity contribution in [2.75, 3.05) is 0 Å². The first-order chi connectivity index (χ1) is 28.9. The van der Waals surface area contributed by atoms with E-state index in [2.05, 4.69) is 108 Å². The van der Waals surface area contributed by atoms with Crippen molar-refractivity contribution < 1.29 is 0 Å². The van der Waals surface area contributed by atoms with Crippen LogP contribution in [0.2, 0.25) is 0 Å². The molecule has 6 rings (SSSR count). The van der Waals surface area contributed by atoms with Crippen LogP contribution in [0.1, 0.15) is 125 Å². The predicted octanol–water partition coefficient (Wildman–Crippen LogP) is 11.6. The summed E-state index contributed by atoms with van der Waals surface area (Å²) in [7, 11) is 0. The number of hydrogen-bond donors (Lipinski definition) is 0. The van der Waals surface area contributed by atoms with Gasteiger partial charge in [-0.3, -0.25) is 18.7 Å². The van der Waals surface area contributed by atoms with Gasteiger partial charge < -0.3 is 0 Å². The largest absolute Gasteiger partial charge is 0.297 e. The first-order valence-electron chi connectivity index (χ1n) is 21.8. The van der Waals surface area contributed by atoms with E-state index >= 15 is 0 Å². The number of hydrogen-bond acceptors (Lipinski definition) is 5. The zero-order valence-electron chi connectivity index (χ0n) is 37.1. The molecule has 0 saturated carbocycles. The molecule has 0 radical (unpaired) electrons. The lowest BCUT2D eigenvalue weighted by Gasteiger charge is -2.23. The summed E-state index contributed by atoms with van der Waals surface area (Å²) in [5.41, 5.74) is 11.0. The Bertz CT molecular complexity index is 2480. The summed E-state index contributed by atoms with van der Waals surface area (Å²) >= 11 is 0. The third-order valence-electron chi connectivity index (χ3n) is 10.8. The second-order valence-electron chi connectivity index (χ2n) is 17.1. The fourth-order valence-electron chi connectivity index (χ4n) is 7.61. The van der Waals surface area contributed by atoms with Crippen LogP contribution in [0.25, 0.3) is 22.3 Å². The van der Waals surface area contributed by atoms with Crippen LogP contribution in [0, 0.1) is 30.6 Å². The van der Waals surface area contributed by atoms with Crippen molar-refractivity contribution in [1.82, 2.24) is 19.1 Å². The van der Waals surface area contributed by atoms with Gasteiger partial charge in [-0.05, 0) is 90.8 Å². The Hall–Kier alpha value is -5.87. The Morgan fingerprint density at radius 1 is 0.583 bits per heavy atom. The van der Waals surface area contributed by atoms with Crippen LogP contribution in [0.4, 0.5) is 0 Å². The van der Waals surface area contributed by atoms with Gasteiger partial charge >= 0.3 is 0 Å². The van der Waals surface area contributed by atoms with Gasteiger partial charge in [-0.15, -0.1) is 0 Å². The molecule has 4 aromatic carbocycles. The number of aromatic nitrogens is 4. The fourth-order valence-corrected chi connectivity index (χ4v) is 7.61. The Kier molecular flexibility index (Phi) is 16.1. The monoisotopic (exact) mass is 801 g/mol. The first-order valence-corrected chi connectivity index (χ1v) is 21.8. The smallest absolute Gasteiger partial charge is 0.257 e. The lowest BCUT2D eigenvalue weighted by atomic mass is 9.95. The molecule has 0 aliphatic heterocycles. The zero-order chi connectivity index (χ0) is 43.2. The maximum atomic E-state index is 13.5. The number of benzene rings is 4. The Balaban J connectivity index is 0.000000230. The van der Waals surface area contributed by atoms with Crippen LogP contribution in [-0.4, -0.2) is 19.1 Å². The summed E-state index contributed by atoms with van der Waals surface area (Å²) in [6.07, 6.45) is 8.09. The molecular formula is C53H63N5O2. The number of aryl methyl sites for hydroxylation is 4. The van der Waals surface area contributed by atoms with E-state index in [1.165, 1.54) is 11.1 Å². The fraction of sp³-hybridized carbons (Fsp3) is 0.377.